The summed E-state index contributed by atoms with van der Waals surface area (Å²) in [5.74, 6) is -1.20. The summed E-state index contributed by atoms with van der Waals surface area (Å²) in [7, 11) is 0. The summed E-state index contributed by atoms with van der Waals surface area (Å²) in [4.78, 5) is 29.1. The van der Waals surface area contributed by atoms with Gasteiger partial charge in [-0.15, -0.1) is 0 Å². The molecule has 0 spiro atoms. The highest BCUT2D eigenvalue weighted by molar-refractivity contribution is 5.88. The second kappa shape index (κ2) is 7.63. The number of nitrogens with zero attached hydrogens (tertiary/aromatic N) is 3. The molecule has 0 aliphatic carbocycles. The average molecular weight is 396 g/mol. The molecule has 0 bridgehead atoms. The van der Waals surface area contributed by atoms with E-state index in [9.17, 15) is 18.4 Å². The number of halogens is 2. The van der Waals surface area contributed by atoms with Crippen molar-refractivity contribution >= 4 is 17.0 Å². The minimum absolute atomic E-state index is 0.0253. The minimum atomic E-state index is -0.507. The molecule has 1 amide bonds. The summed E-state index contributed by atoms with van der Waals surface area (Å²) in [5.41, 5.74) is 0.948. The van der Waals surface area contributed by atoms with Crippen molar-refractivity contribution in [3.05, 3.63) is 82.4 Å². The van der Waals surface area contributed by atoms with Crippen LogP contribution in [0.2, 0.25) is 0 Å². The Morgan fingerprint density at radius 3 is 2.38 bits per heavy atom. The van der Waals surface area contributed by atoms with Gasteiger partial charge in [-0.1, -0.05) is 17.3 Å². The molecule has 2 aromatic carbocycles. The molecule has 0 saturated heterocycles. The molecule has 2 heterocycles. The summed E-state index contributed by atoms with van der Waals surface area (Å²) < 4.78 is 32.3. The molecule has 7 nitrogen and oxygen atoms in total. The third-order valence-electron chi connectivity index (χ3n) is 4.30. The van der Waals surface area contributed by atoms with Crippen molar-refractivity contribution in [2.24, 2.45) is 0 Å². The molecule has 0 aliphatic heterocycles. The molecule has 4 aromatic rings. The molecule has 0 aliphatic rings. The quantitative estimate of drug-likeness (QED) is 0.560. The number of benzene rings is 2. The number of amides is 1. The van der Waals surface area contributed by atoms with Crippen molar-refractivity contribution in [3.8, 4) is 11.3 Å². The van der Waals surface area contributed by atoms with Crippen molar-refractivity contribution in [2.75, 3.05) is 0 Å². The van der Waals surface area contributed by atoms with E-state index in [2.05, 4.69) is 15.5 Å². The van der Waals surface area contributed by atoms with E-state index in [4.69, 9.17) is 4.52 Å². The monoisotopic (exact) mass is 396 g/mol. The maximum Gasteiger partial charge on any atom is 0.267 e. The first-order chi connectivity index (χ1) is 14.0. The molecule has 0 atom stereocenters. The highest BCUT2D eigenvalue weighted by Crippen LogP contribution is 2.24. The Hall–Kier alpha value is -3.88. The van der Waals surface area contributed by atoms with Crippen molar-refractivity contribution in [1.82, 2.24) is 20.0 Å². The number of carbonyl (C=O) groups is 1. The molecule has 1 N–H and O–H groups in total. The fraction of sp³-hybridized carbons (Fsp3) is 0.100. The van der Waals surface area contributed by atoms with Crippen LogP contribution in [0.4, 0.5) is 8.78 Å². The Bertz CT molecular complexity index is 1230. The smallest absolute Gasteiger partial charge is 0.267 e. The number of hydrogen-bond acceptors (Lipinski definition) is 5. The lowest BCUT2D eigenvalue weighted by molar-refractivity contribution is -0.121. The highest BCUT2D eigenvalue weighted by Gasteiger charge is 2.18. The number of carbonyl (C=O) groups excluding carboxylic acids is 1. The SMILES string of the molecule is O=C(Cn1cnc2onc(-c3ccc(F)cc3)c2c1=O)NCc1ccc(F)cc1. The van der Waals surface area contributed by atoms with Crippen LogP contribution in [0.3, 0.4) is 0 Å². The van der Waals surface area contributed by atoms with E-state index >= 15 is 0 Å². The number of aromatic nitrogens is 3. The number of nitrogens with one attached hydrogen (secondary N) is 1. The topological polar surface area (TPSA) is 90.0 Å². The molecule has 0 unspecified atom stereocenters. The van der Waals surface area contributed by atoms with Crippen LogP contribution in [0, 0.1) is 11.6 Å². The van der Waals surface area contributed by atoms with Crippen LogP contribution in [-0.4, -0.2) is 20.6 Å². The Morgan fingerprint density at radius 2 is 1.69 bits per heavy atom. The number of rotatable bonds is 5. The first-order valence-electron chi connectivity index (χ1n) is 8.63. The lowest BCUT2D eigenvalue weighted by atomic mass is 10.1. The van der Waals surface area contributed by atoms with Gasteiger partial charge in [0, 0.05) is 12.1 Å². The first-order valence-corrected chi connectivity index (χ1v) is 8.63. The van der Waals surface area contributed by atoms with E-state index in [1.807, 2.05) is 0 Å². The molecule has 29 heavy (non-hydrogen) atoms. The fourth-order valence-corrected chi connectivity index (χ4v) is 2.81. The standard InChI is InChI=1S/C20H14F2N4O3/c21-14-5-1-12(2-6-14)9-23-16(27)10-26-11-24-19-17(20(26)28)18(25-29-19)13-3-7-15(22)8-4-13/h1-8,11H,9-10H2,(H,23,27). The number of fused-ring (bicyclic) bond motifs is 1. The van der Waals surface area contributed by atoms with Gasteiger partial charge in [0.15, 0.2) is 0 Å². The maximum atomic E-state index is 13.2. The molecular formula is C20H14F2N4O3. The van der Waals surface area contributed by atoms with Gasteiger partial charge in [0.05, 0.1) is 0 Å². The van der Waals surface area contributed by atoms with E-state index in [1.54, 1.807) is 12.1 Å². The summed E-state index contributed by atoms with van der Waals surface area (Å²) in [5, 5.41) is 6.62. The van der Waals surface area contributed by atoms with Crippen molar-refractivity contribution < 1.29 is 18.1 Å². The lowest BCUT2D eigenvalue weighted by Gasteiger charge is -2.07. The number of hydrogen-bond donors (Lipinski definition) is 1. The van der Waals surface area contributed by atoms with Crippen LogP contribution in [-0.2, 0) is 17.9 Å². The van der Waals surface area contributed by atoms with E-state index in [0.29, 0.717) is 5.56 Å². The van der Waals surface area contributed by atoms with E-state index in [1.165, 1.54) is 42.7 Å². The first kappa shape index (κ1) is 18.5. The van der Waals surface area contributed by atoms with Gasteiger partial charge < -0.3 is 9.84 Å². The largest absolute Gasteiger partial charge is 0.350 e. The molecule has 0 radical (unpaired) electrons. The fourth-order valence-electron chi connectivity index (χ4n) is 2.81. The third kappa shape index (κ3) is 3.88. The predicted octanol–water partition coefficient (Wildman–Crippen LogP) is 2.65. The van der Waals surface area contributed by atoms with Crippen molar-refractivity contribution in [1.29, 1.82) is 0 Å². The van der Waals surface area contributed by atoms with Crippen LogP contribution in [0.25, 0.3) is 22.4 Å². The summed E-state index contributed by atoms with van der Waals surface area (Å²) in [6.45, 7) is -0.0748. The zero-order valence-corrected chi connectivity index (χ0v) is 14.9. The van der Waals surface area contributed by atoms with Crippen LogP contribution in [0.1, 0.15) is 5.56 Å². The van der Waals surface area contributed by atoms with E-state index < -0.39 is 17.3 Å². The Morgan fingerprint density at radius 1 is 1.03 bits per heavy atom. The van der Waals surface area contributed by atoms with Gasteiger partial charge in [-0.2, -0.15) is 0 Å². The van der Waals surface area contributed by atoms with Gasteiger partial charge in [0.25, 0.3) is 11.3 Å². The van der Waals surface area contributed by atoms with Crippen LogP contribution >= 0.6 is 0 Å². The molecule has 0 saturated carbocycles. The van der Waals surface area contributed by atoms with Gasteiger partial charge in [0.2, 0.25) is 5.91 Å². The zero-order chi connectivity index (χ0) is 20.4. The van der Waals surface area contributed by atoms with Crippen LogP contribution in [0.5, 0.6) is 0 Å². The maximum absolute atomic E-state index is 13.2. The van der Waals surface area contributed by atoms with E-state index in [0.717, 1.165) is 10.1 Å². The lowest BCUT2D eigenvalue weighted by Crippen LogP contribution is -2.32. The molecule has 0 fully saturated rings. The van der Waals surface area contributed by atoms with Crippen LogP contribution < -0.4 is 10.9 Å². The molecule has 4 rings (SSSR count). The Labute approximate surface area is 162 Å². The van der Waals surface area contributed by atoms with Gasteiger partial charge in [0.1, 0.15) is 35.6 Å². The minimum Gasteiger partial charge on any atom is -0.350 e. The van der Waals surface area contributed by atoms with Crippen molar-refractivity contribution in [3.63, 3.8) is 0 Å². The van der Waals surface area contributed by atoms with Crippen LogP contribution in [0.15, 0.2) is 64.2 Å². The van der Waals surface area contributed by atoms with Gasteiger partial charge in [-0.25, -0.2) is 13.8 Å². The molecule has 146 valence electrons. The predicted molar refractivity (Wildman–Crippen MR) is 99.7 cm³/mol. The van der Waals surface area contributed by atoms with Gasteiger partial charge >= 0.3 is 0 Å². The second-order valence-corrected chi connectivity index (χ2v) is 6.30. The van der Waals surface area contributed by atoms with E-state index in [-0.39, 0.29) is 35.7 Å². The summed E-state index contributed by atoms with van der Waals surface area (Å²) in [6.07, 6.45) is 1.20. The average Bonchev–Trinajstić information content (AvgIpc) is 3.15. The normalized spacial score (nSPS) is 11.0. The highest BCUT2D eigenvalue weighted by atomic mass is 19.1. The summed E-state index contributed by atoms with van der Waals surface area (Å²) >= 11 is 0. The zero-order valence-electron chi connectivity index (χ0n) is 14.9. The second-order valence-electron chi connectivity index (χ2n) is 6.30. The Balaban J connectivity index is 1.56. The summed E-state index contributed by atoms with van der Waals surface area (Å²) in [6, 6.07) is 11.1. The molecule has 2 aromatic heterocycles. The molecular weight excluding hydrogens is 382 g/mol. The molecule has 9 heteroatoms. The van der Waals surface area contributed by atoms with Crippen molar-refractivity contribution in [2.45, 2.75) is 13.1 Å². The Kier molecular flexibility index (Phi) is 4.86. The van der Waals surface area contributed by atoms with Gasteiger partial charge in [-0.3, -0.25) is 14.2 Å². The van der Waals surface area contributed by atoms with Gasteiger partial charge in [-0.05, 0) is 42.0 Å². The third-order valence-corrected chi connectivity index (χ3v) is 4.30.